The molecular formula is C31H29FN2O7S. The van der Waals surface area contributed by atoms with Gasteiger partial charge in [0.25, 0.3) is 0 Å². The molecule has 0 aliphatic heterocycles. The van der Waals surface area contributed by atoms with E-state index in [1.807, 2.05) is 0 Å². The molecule has 0 spiro atoms. The summed E-state index contributed by atoms with van der Waals surface area (Å²) in [7, 11) is 4.30. The number of benzene rings is 3. The Bertz CT molecular complexity index is 1690. The van der Waals surface area contributed by atoms with Crippen molar-refractivity contribution >= 4 is 40.1 Å². The van der Waals surface area contributed by atoms with Gasteiger partial charge in [0, 0.05) is 17.6 Å². The van der Waals surface area contributed by atoms with Gasteiger partial charge in [-0.05, 0) is 84.8 Å². The molecule has 1 N–H and O–H groups in total. The number of hydrogen-bond acceptors (Lipinski definition) is 9. The van der Waals surface area contributed by atoms with Gasteiger partial charge in [0.1, 0.15) is 11.0 Å². The number of nitrogens with zero attached hydrogens (tertiary/aromatic N) is 2. The fourth-order valence-corrected chi connectivity index (χ4v) is 5.35. The number of methoxy groups -OCH3 is 3. The first-order chi connectivity index (χ1) is 20.2. The van der Waals surface area contributed by atoms with E-state index in [0.717, 1.165) is 30.6 Å². The molecule has 4 aromatic rings. The lowest BCUT2D eigenvalue weighted by Crippen LogP contribution is -2.15. The summed E-state index contributed by atoms with van der Waals surface area (Å²) in [6, 6.07) is 10.4. The predicted molar refractivity (Wildman–Crippen MR) is 155 cm³/mol. The molecule has 9 nitrogen and oxygen atoms in total. The predicted octanol–water partition coefficient (Wildman–Crippen LogP) is 5.92. The minimum atomic E-state index is -1.32. The first kappa shape index (κ1) is 29.0. The van der Waals surface area contributed by atoms with Crippen LogP contribution in [-0.2, 0) is 11.2 Å². The maximum atomic E-state index is 14.7. The van der Waals surface area contributed by atoms with Crippen LogP contribution in [-0.4, -0.2) is 53.5 Å². The molecule has 1 heterocycles. The quantitative estimate of drug-likeness (QED) is 0.158. The number of carboxylic acids is 1. The van der Waals surface area contributed by atoms with Crippen LogP contribution in [0.1, 0.15) is 39.9 Å². The smallest absolute Gasteiger partial charge is 0.336 e. The number of carbonyl (C=O) groups is 2. The van der Waals surface area contributed by atoms with Gasteiger partial charge in [-0.25, -0.2) is 9.18 Å². The Morgan fingerprint density at radius 2 is 1.64 bits per heavy atom. The summed E-state index contributed by atoms with van der Waals surface area (Å²) >= 11 is 1.01. The van der Waals surface area contributed by atoms with Crippen molar-refractivity contribution in [1.29, 1.82) is 0 Å². The number of aryl methyl sites for hydroxylation is 1. The van der Waals surface area contributed by atoms with Crippen LogP contribution in [0.15, 0.2) is 48.0 Å². The molecule has 11 heteroatoms. The topological polar surface area (TPSA) is 117 Å². The van der Waals surface area contributed by atoms with Crippen molar-refractivity contribution in [3.63, 3.8) is 0 Å². The Labute approximate surface area is 245 Å². The second kappa shape index (κ2) is 12.2. The first-order valence-electron chi connectivity index (χ1n) is 13.2. The van der Waals surface area contributed by atoms with E-state index < -0.39 is 17.6 Å². The number of aliphatic carboxylic acids is 1. The molecule has 0 bridgehead atoms. The standard InChI is InChI=1S/C31H29FN2O7S/c1-16-9-20(14-23-28(16)34-42-33-23)27(31(36)37)21(29(35)19-7-8-24(38-2)22(32)13-19)10-18-11-25(39-3)30(26(12-18)40-4)41-15-17-5-6-17/h7-9,11-14,17H,5-6,10,15H2,1-4H3,(H,36,37)/b27-21+. The van der Waals surface area contributed by atoms with Gasteiger partial charge < -0.3 is 24.1 Å². The van der Waals surface area contributed by atoms with E-state index in [1.54, 1.807) is 31.2 Å². The molecule has 1 aliphatic carbocycles. The minimum Gasteiger partial charge on any atom is -0.494 e. The SMILES string of the molecule is COc1ccc(C(=O)/C(Cc2cc(OC)c(OCC3CC3)c(OC)c2)=C(/C(=O)O)c2cc(C)c3nsnc3c2)cc1F. The highest BCUT2D eigenvalue weighted by Crippen LogP contribution is 2.41. The highest BCUT2D eigenvalue weighted by Gasteiger charge is 2.28. The number of halogens is 1. The van der Waals surface area contributed by atoms with Gasteiger partial charge in [0.05, 0.1) is 45.2 Å². The lowest BCUT2D eigenvalue weighted by molar-refractivity contribution is -0.130. The molecule has 1 aromatic heterocycles. The van der Waals surface area contributed by atoms with E-state index in [4.69, 9.17) is 18.9 Å². The number of aromatic nitrogens is 2. The Balaban J connectivity index is 1.67. The van der Waals surface area contributed by atoms with Crippen LogP contribution in [0.2, 0.25) is 0 Å². The van der Waals surface area contributed by atoms with Gasteiger partial charge in [-0.1, -0.05) is 0 Å². The second-order valence-corrected chi connectivity index (χ2v) is 10.6. The van der Waals surface area contributed by atoms with Gasteiger partial charge in [-0.2, -0.15) is 8.75 Å². The maximum absolute atomic E-state index is 14.7. The van der Waals surface area contributed by atoms with E-state index >= 15 is 0 Å². The third kappa shape index (κ3) is 5.91. The van der Waals surface area contributed by atoms with Crippen LogP contribution in [0.5, 0.6) is 23.0 Å². The van der Waals surface area contributed by atoms with Gasteiger partial charge in [0.15, 0.2) is 28.8 Å². The molecule has 1 aliphatic rings. The van der Waals surface area contributed by atoms with Crippen LogP contribution in [0.4, 0.5) is 4.39 Å². The fourth-order valence-electron chi connectivity index (χ4n) is 4.76. The fraction of sp³-hybridized carbons (Fsp3) is 0.290. The van der Waals surface area contributed by atoms with Crippen LogP contribution >= 0.6 is 11.7 Å². The lowest BCUT2D eigenvalue weighted by atomic mass is 9.88. The van der Waals surface area contributed by atoms with Crippen molar-refractivity contribution in [3.05, 3.63) is 76.1 Å². The number of carboxylic acid groups (broad SMARTS) is 1. The molecule has 42 heavy (non-hydrogen) atoms. The first-order valence-corrected chi connectivity index (χ1v) is 13.9. The Hall–Kier alpha value is -4.51. The number of fused-ring (bicyclic) bond motifs is 1. The number of ether oxygens (including phenoxy) is 4. The number of carbonyl (C=O) groups excluding carboxylic acids is 1. The van der Waals surface area contributed by atoms with E-state index in [1.165, 1.54) is 33.5 Å². The summed E-state index contributed by atoms with van der Waals surface area (Å²) in [6.45, 7) is 2.32. The summed E-state index contributed by atoms with van der Waals surface area (Å²) in [6.07, 6.45) is 2.08. The van der Waals surface area contributed by atoms with Gasteiger partial charge in [-0.15, -0.1) is 0 Å². The molecule has 1 saturated carbocycles. The normalized spacial score (nSPS) is 13.5. The molecular weight excluding hydrogens is 563 g/mol. The van der Waals surface area contributed by atoms with Crippen molar-refractivity contribution in [3.8, 4) is 23.0 Å². The largest absolute Gasteiger partial charge is 0.494 e. The zero-order valence-electron chi connectivity index (χ0n) is 23.5. The third-order valence-corrected chi connectivity index (χ3v) is 7.65. The van der Waals surface area contributed by atoms with Crippen LogP contribution < -0.4 is 18.9 Å². The minimum absolute atomic E-state index is 0.0292. The van der Waals surface area contributed by atoms with Crippen LogP contribution in [0.3, 0.4) is 0 Å². The van der Waals surface area contributed by atoms with Crippen molar-refractivity contribution in [2.45, 2.75) is 26.2 Å². The number of Topliss-reactive ketones (excluding diaryl/α,β-unsaturated/α-hetero) is 1. The number of ketones is 1. The van der Waals surface area contributed by atoms with Crippen molar-refractivity contribution in [2.75, 3.05) is 27.9 Å². The van der Waals surface area contributed by atoms with Crippen molar-refractivity contribution in [1.82, 2.24) is 8.75 Å². The summed E-state index contributed by atoms with van der Waals surface area (Å²) in [5.41, 5.74) is 2.35. The van der Waals surface area contributed by atoms with Gasteiger partial charge >= 0.3 is 5.97 Å². The highest BCUT2D eigenvalue weighted by atomic mass is 32.1. The molecule has 0 radical (unpaired) electrons. The van der Waals surface area contributed by atoms with Crippen LogP contribution in [0, 0.1) is 18.7 Å². The zero-order chi connectivity index (χ0) is 30.0. The average molecular weight is 593 g/mol. The molecule has 3 aromatic carbocycles. The molecule has 0 amide bonds. The van der Waals surface area contributed by atoms with Crippen molar-refractivity contribution in [2.24, 2.45) is 5.92 Å². The lowest BCUT2D eigenvalue weighted by Gasteiger charge is -2.18. The van der Waals surface area contributed by atoms with E-state index in [-0.39, 0.29) is 34.4 Å². The highest BCUT2D eigenvalue weighted by molar-refractivity contribution is 7.00. The second-order valence-electron chi connectivity index (χ2n) is 10.0. The van der Waals surface area contributed by atoms with E-state index in [0.29, 0.717) is 51.9 Å². The average Bonchev–Trinajstić information content (AvgIpc) is 3.68. The summed E-state index contributed by atoms with van der Waals surface area (Å²) in [5.74, 6) is -1.07. The summed E-state index contributed by atoms with van der Waals surface area (Å²) in [5, 5.41) is 10.5. The van der Waals surface area contributed by atoms with E-state index in [9.17, 15) is 19.1 Å². The third-order valence-electron chi connectivity index (χ3n) is 7.11. The maximum Gasteiger partial charge on any atom is 0.336 e. The number of hydrogen-bond donors (Lipinski definition) is 1. The van der Waals surface area contributed by atoms with Gasteiger partial charge in [0.2, 0.25) is 5.75 Å². The summed E-state index contributed by atoms with van der Waals surface area (Å²) < 4.78 is 45.4. The molecule has 218 valence electrons. The van der Waals surface area contributed by atoms with Gasteiger partial charge in [-0.3, -0.25) is 4.79 Å². The van der Waals surface area contributed by atoms with E-state index in [2.05, 4.69) is 8.75 Å². The number of rotatable bonds is 12. The molecule has 0 atom stereocenters. The number of allylic oxidation sites excluding steroid dienone is 1. The Morgan fingerprint density at radius 3 is 2.24 bits per heavy atom. The Kier molecular flexibility index (Phi) is 8.39. The molecule has 0 unspecified atom stereocenters. The van der Waals surface area contributed by atoms with Crippen molar-refractivity contribution < 1.29 is 38.0 Å². The van der Waals surface area contributed by atoms with Crippen LogP contribution in [0.25, 0.3) is 16.6 Å². The summed E-state index contributed by atoms with van der Waals surface area (Å²) in [4.78, 5) is 26.9. The molecule has 1 fully saturated rings. The Morgan fingerprint density at radius 1 is 0.952 bits per heavy atom. The molecule has 5 rings (SSSR count). The monoisotopic (exact) mass is 592 g/mol. The molecule has 0 saturated heterocycles. The zero-order valence-corrected chi connectivity index (χ0v) is 24.3.